The summed E-state index contributed by atoms with van der Waals surface area (Å²) in [5.41, 5.74) is 7.82. The van der Waals surface area contributed by atoms with E-state index in [0.717, 1.165) is 50.4 Å². The van der Waals surface area contributed by atoms with Gasteiger partial charge in [0.05, 0.1) is 18.5 Å². The molecule has 136 valence electrons. The normalized spacial score (nSPS) is 11.1. The molecule has 0 aliphatic carbocycles. The van der Waals surface area contributed by atoms with Gasteiger partial charge < -0.3 is 9.14 Å². The van der Waals surface area contributed by atoms with Gasteiger partial charge in [0.2, 0.25) is 0 Å². The maximum absolute atomic E-state index is 5.58. The van der Waals surface area contributed by atoms with E-state index in [1.54, 1.807) is 7.11 Å². The number of ether oxygens (including phenoxy) is 1. The van der Waals surface area contributed by atoms with Crippen LogP contribution < -0.4 is 4.74 Å². The first-order valence-electron chi connectivity index (χ1n) is 8.93. The molecule has 2 aromatic heterocycles. The van der Waals surface area contributed by atoms with E-state index in [0.29, 0.717) is 0 Å². The van der Waals surface area contributed by atoms with E-state index in [2.05, 4.69) is 76.8 Å². The Morgan fingerprint density at radius 3 is 2.52 bits per heavy atom. The van der Waals surface area contributed by atoms with Crippen LogP contribution in [-0.2, 0) is 6.42 Å². The summed E-state index contributed by atoms with van der Waals surface area (Å²) in [5.74, 6) is 0.897. The highest BCUT2D eigenvalue weighted by Gasteiger charge is 2.17. The summed E-state index contributed by atoms with van der Waals surface area (Å²) >= 11 is 3.63. The molecule has 0 amide bonds. The first-order chi connectivity index (χ1) is 13.1. The molecular formula is C23H21BrN2O. The molecule has 0 saturated heterocycles. The molecule has 0 spiro atoms. The third-order valence-corrected chi connectivity index (χ3v) is 5.28. The fourth-order valence-corrected chi connectivity index (χ4v) is 4.00. The van der Waals surface area contributed by atoms with Gasteiger partial charge in [-0.05, 0) is 47.5 Å². The lowest BCUT2D eigenvalue weighted by molar-refractivity contribution is 0.410. The monoisotopic (exact) mass is 420 g/mol. The minimum Gasteiger partial charge on any atom is -0.496 e. The van der Waals surface area contributed by atoms with Gasteiger partial charge in [-0.2, -0.15) is 0 Å². The molecule has 3 nitrogen and oxygen atoms in total. The van der Waals surface area contributed by atoms with Gasteiger partial charge in [0.1, 0.15) is 11.4 Å². The van der Waals surface area contributed by atoms with Crippen LogP contribution in [0.1, 0.15) is 22.4 Å². The van der Waals surface area contributed by atoms with Crippen LogP contribution in [0.2, 0.25) is 0 Å². The lowest BCUT2D eigenvalue weighted by atomic mass is 10.0. The number of benzene rings is 2. The molecule has 27 heavy (non-hydrogen) atoms. The number of hydrogen-bond acceptors (Lipinski definition) is 2. The van der Waals surface area contributed by atoms with Gasteiger partial charge in [-0.1, -0.05) is 48.0 Å². The first-order valence-corrected chi connectivity index (χ1v) is 9.72. The third-order valence-electron chi connectivity index (χ3n) is 4.84. The second-order valence-corrected chi connectivity index (χ2v) is 7.71. The summed E-state index contributed by atoms with van der Waals surface area (Å²) in [4.78, 5) is 5.01. The van der Waals surface area contributed by atoms with Crippen LogP contribution in [0.4, 0.5) is 0 Å². The Labute approximate surface area is 167 Å². The summed E-state index contributed by atoms with van der Waals surface area (Å²) in [6.45, 7) is 4.20. The number of imidazole rings is 1. The molecule has 0 aliphatic heterocycles. The topological polar surface area (TPSA) is 26.5 Å². The minimum absolute atomic E-state index is 0.740. The number of methoxy groups -OCH3 is 1. The van der Waals surface area contributed by atoms with Crippen LogP contribution in [0.25, 0.3) is 16.9 Å². The number of halogens is 1. The Morgan fingerprint density at radius 1 is 1.04 bits per heavy atom. The van der Waals surface area contributed by atoms with Crippen molar-refractivity contribution in [2.45, 2.75) is 20.3 Å². The number of rotatable bonds is 4. The van der Waals surface area contributed by atoms with Gasteiger partial charge in [0.25, 0.3) is 0 Å². The molecule has 4 heteroatoms. The highest BCUT2D eigenvalue weighted by molar-refractivity contribution is 9.10. The molecule has 0 fully saturated rings. The highest BCUT2D eigenvalue weighted by Crippen LogP contribution is 2.31. The Bertz CT molecular complexity index is 1110. The molecule has 4 rings (SSSR count). The van der Waals surface area contributed by atoms with Crippen molar-refractivity contribution in [1.29, 1.82) is 0 Å². The molecule has 0 atom stereocenters. The second-order valence-electron chi connectivity index (χ2n) is 6.80. The zero-order chi connectivity index (χ0) is 19.0. The predicted octanol–water partition coefficient (Wildman–Crippen LogP) is 5.98. The molecule has 0 saturated carbocycles. The van der Waals surface area contributed by atoms with Crippen molar-refractivity contribution < 1.29 is 4.74 Å². The Morgan fingerprint density at radius 2 is 1.78 bits per heavy atom. The largest absolute Gasteiger partial charge is 0.496 e. The minimum atomic E-state index is 0.740. The zero-order valence-electron chi connectivity index (χ0n) is 15.7. The number of pyridine rings is 1. The smallest absolute Gasteiger partial charge is 0.140 e. The zero-order valence-corrected chi connectivity index (χ0v) is 17.2. The second kappa shape index (κ2) is 7.20. The average Bonchev–Trinajstić information content (AvgIpc) is 3.01. The maximum Gasteiger partial charge on any atom is 0.140 e. The van der Waals surface area contributed by atoms with Crippen molar-refractivity contribution in [3.8, 4) is 17.0 Å². The number of hydrogen-bond donors (Lipinski definition) is 0. The lowest BCUT2D eigenvalue weighted by Crippen LogP contribution is -1.99. The molecule has 0 bridgehead atoms. The lowest BCUT2D eigenvalue weighted by Gasteiger charge is -2.10. The SMILES string of the molecule is COc1ccccc1Cc1c(-c2ccc(C)cc2)nc2c(C)cc(Br)cn12. The van der Waals surface area contributed by atoms with E-state index >= 15 is 0 Å². The third kappa shape index (κ3) is 3.37. The summed E-state index contributed by atoms with van der Waals surface area (Å²) in [5, 5.41) is 0. The van der Waals surface area contributed by atoms with Crippen LogP contribution in [0.3, 0.4) is 0 Å². The molecule has 2 aromatic carbocycles. The molecular weight excluding hydrogens is 400 g/mol. The van der Waals surface area contributed by atoms with Crippen LogP contribution in [-0.4, -0.2) is 16.5 Å². The predicted molar refractivity (Wildman–Crippen MR) is 114 cm³/mol. The number of para-hydroxylation sites is 1. The van der Waals surface area contributed by atoms with Crippen LogP contribution in [0, 0.1) is 13.8 Å². The van der Waals surface area contributed by atoms with E-state index in [4.69, 9.17) is 9.72 Å². The van der Waals surface area contributed by atoms with Crippen molar-refractivity contribution >= 4 is 21.6 Å². The maximum atomic E-state index is 5.58. The number of aryl methyl sites for hydroxylation is 2. The molecule has 0 unspecified atom stereocenters. The van der Waals surface area contributed by atoms with E-state index in [-0.39, 0.29) is 0 Å². The highest BCUT2D eigenvalue weighted by atomic mass is 79.9. The average molecular weight is 421 g/mol. The van der Waals surface area contributed by atoms with Crippen LogP contribution in [0.15, 0.2) is 65.3 Å². The Balaban J connectivity index is 1.95. The fraction of sp³-hybridized carbons (Fsp3) is 0.174. The number of aromatic nitrogens is 2. The molecule has 0 N–H and O–H groups in total. The number of nitrogens with zero attached hydrogens (tertiary/aromatic N) is 2. The quantitative estimate of drug-likeness (QED) is 0.405. The van der Waals surface area contributed by atoms with Gasteiger partial charge >= 0.3 is 0 Å². The summed E-state index contributed by atoms with van der Waals surface area (Å²) < 4.78 is 8.81. The first kappa shape index (κ1) is 17.8. The van der Waals surface area contributed by atoms with Crippen molar-refractivity contribution in [2.75, 3.05) is 7.11 Å². The van der Waals surface area contributed by atoms with Crippen molar-refractivity contribution in [1.82, 2.24) is 9.38 Å². The van der Waals surface area contributed by atoms with Crippen LogP contribution in [0.5, 0.6) is 5.75 Å². The van der Waals surface area contributed by atoms with E-state index < -0.39 is 0 Å². The number of fused-ring (bicyclic) bond motifs is 1. The van der Waals surface area contributed by atoms with Gasteiger partial charge in [-0.15, -0.1) is 0 Å². The molecule has 2 heterocycles. The van der Waals surface area contributed by atoms with E-state index in [1.807, 2.05) is 18.2 Å². The fourth-order valence-electron chi connectivity index (χ4n) is 3.46. The molecule has 4 aromatic rings. The van der Waals surface area contributed by atoms with Gasteiger partial charge in [0.15, 0.2) is 0 Å². The van der Waals surface area contributed by atoms with Crippen LogP contribution >= 0.6 is 15.9 Å². The van der Waals surface area contributed by atoms with E-state index in [1.165, 1.54) is 5.56 Å². The Hall–Kier alpha value is -2.59. The van der Waals surface area contributed by atoms with E-state index in [9.17, 15) is 0 Å². The summed E-state index contributed by atoms with van der Waals surface area (Å²) in [7, 11) is 1.72. The van der Waals surface area contributed by atoms with Crippen molar-refractivity contribution in [3.05, 3.63) is 87.7 Å². The molecule has 0 radical (unpaired) electrons. The molecule has 0 aliphatic rings. The van der Waals surface area contributed by atoms with Crippen molar-refractivity contribution in [3.63, 3.8) is 0 Å². The summed E-state index contributed by atoms with van der Waals surface area (Å²) in [6, 6.07) is 18.8. The van der Waals surface area contributed by atoms with Gasteiger partial charge in [0, 0.05) is 28.2 Å². The standard InChI is InChI=1S/C23H21BrN2O/c1-15-8-10-17(11-9-15)22-20(13-18-6-4-5-7-21(18)27-3)26-14-19(24)12-16(2)23(26)25-22/h4-12,14H,13H2,1-3H3. The summed E-state index contributed by atoms with van der Waals surface area (Å²) in [6.07, 6.45) is 2.84. The Kier molecular flexibility index (Phi) is 4.75. The van der Waals surface area contributed by atoms with Crippen molar-refractivity contribution in [2.24, 2.45) is 0 Å². The van der Waals surface area contributed by atoms with Gasteiger partial charge in [-0.25, -0.2) is 4.98 Å². The van der Waals surface area contributed by atoms with Gasteiger partial charge in [-0.3, -0.25) is 0 Å².